The van der Waals surface area contributed by atoms with Gasteiger partial charge in [0, 0.05) is 55.0 Å². The van der Waals surface area contributed by atoms with Crippen LogP contribution in [0.3, 0.4) is 0 Å². The zero-order valence-electron chi connectivity index (χ0n) is 42.7. The summed E-state index contributed by atoms with van der Waals surface area (Å²) in [5.74, 6) is 0.694. The van der Waals surface area contributed by atoms with E-state index in [0.29, 0.717) is 5.82 Å². The molecule has 362 valence electrons. The average molecular weight is 983 g/mol. The lowest BCUT2D eigenvalue weighted by atomic mass is 9.82. The summed E-state index contributed by atoms with van der Waals surface area (Å²) < 4.78 is 4.84. The molecule has 0 spiro atoms. The van der Waals surface area contributed by atoms with E-state index in [4.69, 9.17) is 9.97 Å². The van der Waals surface area contributed by atoms with Gasteiger partial charge in [0.15, 0.2) is 5.82 Å². The maximum Gasteiger partial charge on any atom is 0.160 e. The first-order valence-electron chi connectivity index (χ1n) is 26.6. The molecule has 3 heterocycles. The van der Waals surface area contributed by atoms with Crippen molar-refractivity contribution >= 4 is 43.6 Å². The van der Waals surface area contributed by atoms with E-state index < -0.39 is 0 Å². The molecule has 0 fully saturated rings. The van der Waals surface area contributed by atoms with Gasteiger partial charge in [-0.15, -0.1) is 0 Å². The summed E-state index contributed by atoms with van der Waals surface area (Å²) in [6, 6.07) is 97.0. The molecule has 0 radical (unpaired) electrons. The highest BCUT2D eigenvalue weighted by atomic mass is 15.0. The minimum absolute atomic E-state index is 0.107. The SMILES string of the molecule is CC1(C)c2ccccc2-c2cc(-c3c(-c4ccc5c(c4)c4ccccc4n5-c4ccccc4)ccc4c3c3ccccc3n4-c3ccc(-c4cc(-c5ccc(-c6ccccc6)cc5)nc(-c5ccccc5)n4)cc3)ccc21. The van der Waals surface area contributed by atoms with Gasteiger partial charge in [0.2, 0.25) is 0 Å². The molecular formula is C73H50N4. The van der Waals surface area contributed by atoms with E-state index in [1.54, 1.807) is 0 Å². The van der Waals surface area contributed by atoms with Crippen molar-refractivity contribution in [2.45, 2.75) is 19.3 Å². The summed E-state index contributed by atoms with van der Waals surface area (Å²) in [5, 5.41) is 4.90. The molecule has 3 aromatic heterocycles. The van der Waals surface area contributed by atoms with Crippen molar-refractivity contribution in [3.05, 3.63) is 278 Å². The smallest absolute Gasteiger partial charge is 0.160 e. The minimum atomic E-state index is -0.107. The van der Waals surface area contributed by atoms with Crippen LogP contribution >= 0.6 is 0 Å². The number of benzene rings is 11. The van der Waals surface area contributed by atoms with Gasteiger partial charge in [-0.25, -0.2) is 9.97 Å². The maximum absolute atomic E-state index is 5.22. The van der Waals surface area contributed by atoms with Crippen molar-refractivity contribution in [3.63, 3.8) is 0 Å². The summed E-state index contributed by atoms with van der Waals surface area (Å²) in [4.78, 5) is 10.4. The zero-order valence-corrected chi connectivity index (χ0v) is 42.7. The van der Waals surface area contributed by atoms with Gasteiger partial charge in [0.05, 0.1) is 33.5 Å². The third-order valence-corrected chi connectivity index (χ3v) is 16.2. The lowest BCUT2D eigenvalue weighted by molar-refractivity contribution is 0.660. The summed E-state index contributed by atoms with van der Waals surface area (Å²) in [6.07, 6.45) is 0. The number of fused-ring (bicyclic) bond motifs is 9. The lowest BCUT2D eigenvalue weighted by Crippen LogP contribution is -2.14. The third kappa shape index (κ3) is 7.21. The second-order valence-corrected chi connectivity index (χ2v) is 20.9. The Morgan fingerprint density at radius 1 is 0.299 bits per heavy atom. The molecule has 0 saturated heterocycles. The van der Waals surface area contributed by atoms with Gasteiger partial charge in [0.25, 0.3) is 0 Å². The molecular weight excluding hydrogens is 933 g/mol. The first-order chi connectivity index (χ1) is 37.9. The fourth-order valence-corrected chi connectivity index (χ4v) is 12.5. The molecule has 77 heavy (non-hydrogen) atoms. The van der Waals surface area contributed by atoms with E-state index in [0.717, 1.165) is 50.5 Å². The van der Waals surface area contributed by atoms with Crippen molar-refractivity contribution in [1.82, 2.24) is 19.1 Å². The first kappa shape index (κ1) is 44.6. The second kappa shape index (κ2) is 17.6. The fraction of sp³-hybridized carbons (Fsp3) is 0.0411. The van der Waals surface area contributed by atoms with Crippen LogP contribution in [-0.2, 0) is 5.41 Å². The Labute approximate surface area is 447 Å². The summed E-state index contributed by atoms with van der Waals surface area (Å²) in [5.41, 5.74) is 24.1. The van der Waals surface area contributed by atoms with E-state index in [9.17, 15) is 0 Å². The Balaban J connectivity index is 0.911. The predicted octanol–water partition coefficient (Wildman–Crippen LogP) is 19.0. The van der Waals surface area contributed by atoms with Crippen molar-refractivity contribution in [2.24, 2.45) is 0 Å². The zero-order chi connectivity index (χ0) is 51.2. The molecule has 0 N–H and O–H groups in total. The topological polar surface area (TPSA) is 35.6 Å². The second-order valence-electron chi connectivity index (χ2n) is 20.9. The van der Waals surface area contributed by atoms with Gasteiger partial charge >= 0.3 is 0 Å². The van der Waals surface area contributed by atoms with Crippen LogP contribution in [0.1, 0.15) is 25.0 Å². The van der Waals surface area contributed by atoms with Gasteiger partial charge in [-0.3, -0.25) is 0 Å². The summed E-state index contributed by atoms with van der Waals surface area (Å²) >= 11 is 0. The Hall–Kier alpha value is -9.90. The predicted molar refractivity (Wildman–Crippen MR) is 321 cm³/mol. The van der Waals surface area contributed by atoms with Crippen molar-refractivity contribution in [1.29, 1.82) is 0 Å². The number of nitrogens with zero attached hydrogens (tertiary/aromatic N) is 4. The van der Waals surface area contributed by atoms with E-state index >= 15 is 0 Å². The van der Waals surface area contributed by atoms with Crippen LogP contribution < -0.4 is 0 Å². The molecule has 4 nitrogen and oxygen atoms in total. The standard InChI is InChI=1S/C73H50N4/c1-73(2)62-27-15-12-24-57(62)60-45-53(36-41-63(60)73)70-56(52-37-42-68-61(44-52)58-25-13-16-28-66(58)76(68)54-22-10-5-11-23-54)40-43-69-71(70)59-26-14-17-29-67(59)77(69)55-38-34-50(35-39-55)65-46-64(74-72(75-65)51-20-8-4-9-21-51)49-32-30-48(31-33-49)47-18-6-3-7-19-47/h3-46H,1-2H3. The molecule has 11 aromatic carbocycles. The Morgan fingerprint density at radius 3 is 1.52 bits per heavy atom. The van der Waals surface area contributed by atoms with Crippen molar-refractivity contribution in [2.75, 3.05) is 0 Å². The van der Waals surface area contributed by atoms with Crippen molar-refractivity contribution < 1.29 is 0 Å². The number of para-hydroxylation sites is 3. The number of hydrogen-bond acceptors (Lipinski definition) is 2. The molecule has 1 aliphatic rings. The number of aromatic nitrogens is 4. The molecule has 1 aliphatic carbocycles. The Bertz CT molecular complexity index is 4600. The molecule has 0 saturated carbocycles. The van der Waals surface area contributed by atoms with Gasteiger partial charge in [-0.2, -0.15) is 0 Å². The molecule has 4 heteroatoms. The molecule has 0 aliphatic heterocycles. The molecule has 0 unspecified atom stereocenters. The summed E-state index contributed by atoms with van der Waals surface area (Å²) in [7, 11) is 0. The highest BCUT2D eigenvalue weighted by Gasteiger charge is 2.35. The van der Waals surface area contributed by atoms with Crippen LogP contribution in [0.15, 0.2) is 267 Å². The largest absolute Gasteiger partial charge is 0.309 e. The quantitative estimate of drug-likeness (QED) is 0.152. The summed E-state index contributed by atoms with van der Waals surface area (Å²) in [6.45, 7) is 4.72. The van der Waals surface area contributed by atoms with E-state index in [-0.39, 0.29) is 5.41 Å². The average Bonchev–Trinajstić information content (AvgIpc) is 4.21. The first-order valence-corrected chi connectivity index (χ1v) is 26.6. The fourth-order valence-electron chi connectivity index (χ4n) is 12.5. The minimum Gasteiger partial charge on any atom is -0.309 e. The van der Waals surface area contributed by atoms with E-state index in [1.165, 1.54) is 88.2 Å². The van der Waals surface area contributed by atoms with Gasteiger partial charge in [-0.1, -0.05) is 214 Å². The molecule has 15 rings (SSSR count). The molecule has 0 bridgehead atoms. The Morgan fingerprint density at radius 2 is 0.792 bits per heavy atom. The van der Waals surface area contributed by atoms with Crippen molar-refractivity contribution in [3.8, 4) is 89.8 Å². The molecule has 14 aromatic rings. The van der Waals surface area contributed by atoms with Crippen LogP contribution in [0, 0.1) is 0 Å². The van der Waals surface area contributed by atoms with Crippen LogP contribution in [0.2, 0.25) is 0 Å². The van der Waals surface area contributed by atoms with E-state index in [1.807, 2.05) is 18.2 Å². The molecule has 0 amide bonds. The van der Waals surface area contributed by atoms with Crippen LogP contribution in [0.5, 0.6) is 0 Å². The van der Waals surface area contributed by atoms with Gasteiger partial charge in [-0.05, 0) is 122 Å². The normalized spacial score (nSPS) is 12.6. The van der Waals surface area contributed by atoms with Crippen LogP contribution in [-0.4, -0.2) is 19.1 Å². The third-order valence-electron chi connectivity index (χ3n) is 16.2. The van der Waals surface area contributed by atoms with Crippen LogP contribution in [0.4, 0.5) is 0 Å². The van der Waals surface area contributed by atoms with Gasteiger partial charge in [0.1, 0.15) is 0 Å². The van der Waals surface area contributed by atoms with Gasteiger partial charge < -0.3 is 9.13 Å². The lowest BCUT2D eigenvalue weighted by Gasteiger charge is -2.21. The van der Waals surface area contributed by atoms with E-state index in [2.05, 4.69) is 272 Å². The maximum atomic E-state index is 5.22. The highest BCUT2D eigenvalue weighted by molar-refractivity contribution is 6.20. The molecule has 0 atom stereocenters. The monoisotopic (exact) mass is 982 g/mol. The Kier molecular flexibility index (Phi) is 10.2. The number of rotatable bonds is 8. The number of hydrogen-bond donors (Lipinski definition) is 0. The van der Waals surface area contributed by atoms with Crippen LogP contribution in [0.25, 0.3) is 133 Å². The highest BCUT2D eigenvalue weighted by Crippen LogP contribution is 2.52.